The smallest absolute Gasteiger partial charge is 0.261 e. The molecule has 0 unspecified atom stereocenters. The summed E-state index contributed by atoms with van der Waals surface area (Å²) in [6.07, 6.45) is 0. The van der Waals surface area contributed by atoms with Gasteiger partial charge in [-0.05, 0) is 68.4 Å². The third-order valence-corrected chi connectivity index (χ3v) is 6.42. The largest absolute Gasteiger partial charge is 0.484 e. The van der Waals surface area contributed by atoms with Gasteiger partial charge in [-0.1, -0.05) is 18.2 Å². The van der Waals surface area contributed by atoms with Crippen molar-refractivity contribution in [3.8, 4) is 5.75 Å². The van der Waals surface area contributed by atoms with Crippen LogP contribution in [-0.2, 0) is 14.8 Å². The van der Waals surface area contributed by atoms with Crippen LogP contribution in [0.3, 0.4) is 0 Å². The van der Waals surface area contributed by atoms with E-state index in [0.717, 1.165) is 11.4 Å². The molecule has 0 saturated carbocycles. The molecule has 0 atom stereocenters. The van der Waals surface area contributed by atoms with Crippen molar-refractivity contribution in [2.45, 2.75) is 31.3 Å². The van der Waals surface area contributed by atoms with Gasteiger partial charge in [0.25, 0.3) is 10.0 Å². The van der Waals surface area contributed by atoms with Crippen molar-refractivity contribution in [3.63, 3.8) is 0 Å². The van der Waals surface area contributed by atoms with Gasteiger partial charge in [-0.2, -0.15) is 0 Å². The summed E-state index contributed by atoms with van der Waals surface area (Å²) in [5.74, 6) is 0.304. The van der Waals surface area contributed by atoms with Crippen LogP contribution in [0.1, 0.15) is 20.8 Å². The lowest BCUT2D eigenvalue weighted by Gasteiger charge is -2.39. The number of rotatable bonds is 5. The van der Waals surface area contributed by atoms with Crippen LogP contribution in [0.15, 0.2) is 77.7 Å². The van der Waals surface area contributed by atoms with Gasteiger partial charge in [0.05, 0.1) is 17.1 Å². The molecule has 3 aromatic carbocycles. The van der Waals surface area contributed by atoms with Crippen molar-refractivity contribution in [1.29, 1.82) is 0 Å². The predicted octanol–water partition coefficient (Wildman–Crippen LogP) is 4.75. The van der Waals surface area contributed by atoms with Crippen molar-refractivity contribution in [1.82, 2.24) is 0 Å². The van der Waals surface area contributed by atoms with Crippen LogP contribution in [0.5, 0.6) is 5.75 Å². The summed E-state index contributed by atoms with van der Waals surface area (Å²) in [4.78, 5) is 13.8. The average Bonchev–Trinajstić information content (AvgIpc) is 2.74. The number of carbonyl (C=O) groups is 1. The molecule has 3 aromatic rings. The second-order valence-electron chi connectivity index (χ2n) is 8.27. The summed E-state index contributed by atoms with van der Waals surface area (Å²) in [7, 11) is -3.86. The lowest BCUT2D eigenvalue weighted by Crippen LogP contribution is -2.48. The summed E-state index contributed by atoms with van der Waals surface area (Å²) in [5.41, 5.74) is 2.09. The molecule has 32 heavy (non-hydrogen) atoms. The van der Waals surface area contributed by atoms with E-state index in [1.807, 2.05) is 44.2 Å². The molecule has 0 fully saturated rings. The zero-order valence-corrected chi connectivity index (χ0v) is 18.9. The molecule has 1 aliphatic rings. The number of carbonyl (C=O) groups excluding carboxylic acids is 1. The molecule has 8 heteroatoms. The molecule has 0 aliphatic carbocycles. The van der Waals surface area contributed by atoms with E-state index >= 15 is 0 Å². The van der Waals surface area contributed by atoms with E-state index in [1.54, 1.807) is 35.2 Å². The number of para-hydroxylation sites is 1. The first-order chi connectivity index (χ1) is 15.1. The van der Waals surface area contributed by atoms with Crippen molar-refractivity contribution < 1.29 is 17.9 Å². The van der Waals surface area contributed by atoms with Crippen molar-refractivity contribution in [2.75, 3.05) is 21.5 Å². The predicted molar refractivity (Wildman–Crippen MR) is 126 cm³/mol. The number of hydrogen-bond donors (Lipinski definition) is 2. The standard InChI is InChI=1S/C24H25N3O4S/c1-17(28)27-16-24(2,3)31-23-14-13-21(15-22(23)27)32(29,30)26-20-11-9-19(10-12-20)25-18-7-5-4-6-8-18/h4-15,25-26H,16H2,1-3H3. The highest BCUT2D eigenvalue weighted by Crippen LogP contribution is 2.38. The van der Waals surface area contributed by atoms with Gasteiger partial charge in [0.15, 0.2) is 0 Å². The highest BCUT2D eigenvalue weighted by atomic mass is 32.2. The first kappa shape index (κ1) is 21.7. The molecule has 1 aliphatic heterocycles. The fraction of sp³-hybridized carbons (Fsp3) is 0.208. The van der Waals surface area contributed by atoms with Crippen molar-refractivity contribution in [3.05, 3.63) is 72.8 Å². The summed E-state index contributed by atoms with van der Waals surface area (Å²) in [6.45, 7) is 5.56. The number of sulfonamides is 1. The third-order valence-electron chi connectivity index (χ3n) is 5.04. The summed E-state index contributed by atoms with van der Waals surface area (Å²) in [5, 5.41) is 3.25. The Morgan fingerprint density at radius 2 is 1.56 bits per heavy atom. The maximum Gasteiger partial charge on any atom is 0.261 e. The Morgan fingerprint density at radius 3 is 2.22 bits per heavy atom. The Bertz CT molecular complexity index is 1240. The van der Waals surface area contributed by atoms with Gasteiger partial charge < -0.3 is 15.0 Å². The van der Waals surface area contributed by atoms with Crippen LogP contribution in [0.25, 0.3) is 0 Å². The number of ether oxygens (including phenoxy) is 1. The van der Waals surface area contributed by atoms with Gasteiger partial charge in [0.2, 0.25) is 5.91 Å². The molecule has 0 spiro atoms. The normalized spacial score (nSPS) is 14.8. The number of nitrogens with zero attached hydrogens (tertiary/aromatic N) is 1. The number of benzene rings is 3. The molecule has 166 valence electrons. The Balaban J connectivity index is 1.55. The number of hydrogen-bond acceptors (Lipinski definition) is 5. The Hall–Kier alpha value is -3.52. The first-order valence-electron chi connectivity index (χ1n) is 10.2. The van der Waals surface area contributed by atoms with Gasteiger partial charge >= 0.3 is 0 Å². The fourth-order valence-corrected chi connectivity index (χ4v) is 4.64. The van der Waals surface area contributed by atoms with Crippen LogP contribution >= 0.6 is 0 Å². The van der Waals surface area contributed by atoms with Crippen LogP contribution in [0.2, 0.25) is 0 Å². The SMILES string of the molecule is CC(=O)N1CC(C)(C)Oc2ccc(S(=O)(=O)Nc3ccc(Nc4ccccc4)cc3)cc21. The van der Waals surface area contributed by atoms with Crippen LogP contribution < -0.4 is 19.7 Å². The van der Waals surface area contributed by atoms with Crippen LogP contribution in [0, 0.1) is 0 Å². The average molecular weight is 452 g/mol. The Morgan fingerprint density at radius 1 is 0.938 bits per heavy atom. The molecule has 1 amide bonds. The van der Waals surface area contributed by atoms with Gasteiger partial charge in [0, 0.05) is 24.0 Å². The third kappa shape index (κ3) is 4.70. The van der Waals surface area contributed by atoms with E-state index in [0.29, 0.717) is 23.7 Å². The molecule has 2 N–H and O–H groups in total. The van der Waals surface area contributed by atoms with Gasteiger partial charge in [0.1, 0.15) is 11.4 Å². The minimum Gasteiger partial charge on any atom is -0.484 e. The monoisotopic (exact) mass is 451 g/mol. The first-order valence-corrected chi connectivity index (χ1v) is 11.7. The van der Waals surface area contributed by atoms with E-state index in [4.69, 9.17) is 4.74 Å². The molecule has 4 rings (SSSR count). The fourth-order valence-electron chi connectivity index (χ4n) is 3.56. The minimum absolute atomic E-state index is 0.0530. The number of amides is 1. The second-order valence-corrected chi connectivity index (χ2v) is 9.95. The number of anilines is 4. The molecular formula is C24H25N3O4S. The van der Waals surface area contributed by atoms with E-state index in [9.17, 15) is 13.2 Å². The maximum absolute atomic E-state index is 13.0. The van der Waals surface area contributed by atoms with E-state index in [-0.39, 0.29) is 10.8 Å². The molecule has 0 radical (unpaired) electrons. The lowest BCUT2D eigenvalue weighted by molar-refractivity contribution is -0.117. The molecule has 0 aromatic heterocycles. The maximum atomic E-state index is 13.0. The van der Waals surface area contributed by atoms with Crippen molar-refractivity contribution >= 4 is 38.7 Å². The topological polar surface area (TPSA) is 87.7 Å². The summed E-state index contributed by atoms with van der Waals surface area (Å²) >= 11 is 0. The molecule has 1 heterocycles. The van der Waals surface area contributed by atoms with Crippen molar-refractivity contribution in [2.24, 2.45) is 0 Å². The summed E-state index contributed by atoms with van der Waals surface area (Å²) in [6, 6.07) is 21.2. The van der Waals surface area contributed by atoms with Crippen LogP contribution in [0.4, 0.5) is 22.7 Å². The lowest BCUT2D eigenvalue weighted by atomic mass is 10.1. The van der Waals surface area contributed by atoms with E-state index in [1.165, 1.54) is 19.1 Å². The van der Waals surface area contributed by atoms with Crippen LogP contribution in [-0.4, -0.2) is 26.5 Å². The molecular weight excluding hydrogens is 426 g/mol. The number of fused-ring (bicyclic) bond motifs is 1. The summed E-state index contributed by atoms with van der Waals surface area (Å²) < 4.78 is 34.5. The molecule has 0 saturated heterocycles. The quantitative estimate of drug-likeness (QED) is 0.584. The molecule has 0 bridgehead atoms. The minimum atomic E-state index is -3.86. The second kappa shape index (κ2) is 8.20. The Kier molecular flexibility index (Phi) is 5.56. The van der Waals surface area contributed by atoms with Gasteiger partial charge in [-0.15, -0.1) is 0 Å². The zero-order chi connectivity index (χ0) is 22.9. The van der Waals surface area contributed by atoms with Gasteiger partial charge in [-0.3, -0.25) is 9.52 Å². The zero-order valence-electron chi connectivity index (χ0n) is 18.1. The van der Waals surface area contributed by atoms with E-state index in [2.05, 4.69) is 10.0 Å². The van der Waals surface area contributed by atoms with Gasteiger partial charge in [-0.25, -0.2) is 8.42 Å². The Labute approximate surface area is 188 Å². The highest BCUT2D eigenvalue weighted by Gasteiger charge is 2.34. The number of nitrogens with one attached hydrogen (secondary N) is 2. The van der Waals surface area contributed by atoms with E-state index < -0.39 is 15.6 Å². The highest BCUT2D eigenvalue weighted by molar-refractivity contribution is 7.92. The molecule has 7 nitrogen and oxygen atoms in total.